The number of aromatic nitrogens is 2. The number of fused-ring (bicyclic) bond motifs is 3. The molecular formula is C23H25N5. The Bertz CT molecular complexity index is 1010. The Morgan fingerprint density at radius 3 is 2.36 bits per heavy atom. The lowest BCUT2D eigenvalue weighted by Crippen LogP contribution is -2.44. The highest BCUT2D eigenvalue weighted by atomic mass is 15.5. The van der Waals surface area contributed by atoms with E-state index in [4.69, 9.17) is 9.98 Å². The van der Waals surface area contributed by atoms with Crippen LogP contribution < -0.4 is 4.90 Å². The van der Waals surface area contributed by atoms with Gasteiger partial charge in [-0.2, -0.15) is 0 Å². The van der Waals surface area contributed by atoms with Crippen LogP contribution in [-0.2, 0) is 19.5 Å². The molecule has 0 amide bonds. The Kier molecular flexibility index (Phi) is 4.15. The lowest BCUT2D eigenvalue weighted by molar-refractivity contribution is 0.460. The Morgan fingerprint density at radius 1 is 0.964 bits per heavy atom. The molecule has 5 rings (SSSR count). The van der Waals surface area contributed by atoms with E-state index >= 15 is 0 Å². The molecule has 0 radical (unpaired) electrons. The van der Waals surface area contributed by atoms with Gasteiger partial charge in [-0.1, -0.05) is 60.7 Å². The summed E-state index contributed by atoms with van der Waals surface area (Å²) in [5.74, 6) is 3.20. The lowest BCUT2D eigenvalue weighted by atomic mass is 10.1. The number of guanidine groups is 1. The SMILES string of the molecule is Cc1nc2c(n1Cc1ccccc1)CN(C)C1=N[C@H](Cc3ccccc3)CN12. The molecule has 3 aromatic rings. The summed E-state index contributed by atoms with van der Waals surface area (Å²) in [6.45, 7) is 4.70. The second-order valence-electron chi connectivity index (χ2n) is 7.74. The van der Waals surface area contributed by atoms with Crippen molar-refractivity contribution in [2.75, 3.05) is 18.5 Å². The van der Waals surface area contributed by atoms with Crippen LogP contribution in [0.4, 0.5) is 5.82 Å². The summed E-state index contributed by atoms with van der Waals surface area (Å²) in [6, 6.07) is 21.5. The van der Waals surface area contributed by atoms with Crippen molar-refractivity contribution in [2.24, 2.45) is 4.99 Å². The van der Waals surface area contributed by atoms with Crippen LogP contribution in [0.1, 0.15) is 22.6 Å². The first-order valence-corrected chi connectivity index (χ1v) is 9.89. The number of aryl methyl sites for hydroxylation is 1. The van der Waals surface area contributed by atoms with Crippen LogP contribution in [0.3, 0.4) is 0 Å². The third kappa shape index (κ3) is 2.97. The van der Waals surface area contributed by atoms with Gasteiger partial charge in [0.05, 0.1) is 24.8 Å². The molecule has 5 heteroatoms. The lowest BCUT2D eigenvalue weighted by Gasteiger charge is -2.32. The molecule has 0 bridgehead atoms. The molecule has 0 unspecified atom stereocenters. The molecule has 1 aromatic heterocycles. The van der Waals surface area contributed by atoms with Crippen LogP contribution in [0.25, 0.3) is 0 Å². The zero-order chi connectivity index (χ0) is 19.1. The molecule has 142 valence electrons. The number of rotatable bonds is 4. The fraction of sp³-hybridized carbons (Fsp3) is 0.304. The van der Waals surface area contributed by atoms with Crippen molar-refractivity contribution >= 4 is 11.8 Å². The molecule has 3 heterocycles. The standard InChI is InChI=1S/C23H25N5/c1-17-24-22-21(27(17)14-19-11-7-4-8-12-19)16-26(2)23-25-20(15-28(22)23)13-18-9-5-3-6-10-18/h3-12,20H,13-16H2,1-2H3/t20-/m1/s1. The minimum atomic E-state index is 0.269. The van der Waals surface area contributed by atoms with Gasteiger partial charge in [0.15, 0.2) is 5.82 Å². The zero-order valence-corrected chi connectivity index (χ0v) is 16.4. The van der Waals surface area contributed by atoms with E-state index in [1.807, 2.05) is 0 Å². The van der Waals surface area contributed by atoms with Gasteiger partial charge >= 0.3 is 0 Å². The summed E-state index contributed by atoms with van der Waals surface area (Å²) in [5.41, 5.74) is 3.92. The molecule has 0 aliphatic carbocycles. The van der Waals surface area contributed by atoms with Gasteiger partial charge in [0, 0.05) is 13.6 Å². The number of aliphatic imine (C=N–C) groups is 1. The van der Waals surface area contributed by atoms with E-state index in [-0.39, 0.29) is 6.04 Å². The minimum absolute atomic E-state index is 0.269. The number of hydrogen-bond acceptors (Lipinski definition) is 4. The fourth-order valence-electron chi connectivity index (χ4n) is 4.29. The summed E-state index contributed by atoms with van der Waals surface area (Å²) >= 11 is 0. The van der Waals surface area contributed by atoms with Gasteiger partial charge in [-0.15, -0.1) is 0 Å². The zero-order valence-electron chi connectivity index (χ0n) is 16.4. The van der Waals surface area contributed by atoms with Gasteiger partial charge in [0.25, 0.3) is 0 Å². The van der Waals surface area contributed by atoms with E-state index < -0.39 is 0 Å². The fourth-order valence-corrected chi connectivity index (χ4v) is 4.29. The van der Waals surface area contributed by atoms with Crippen molar-refractivity contribution in [3.8, 4) is 0 Å². The molecule has 28 heavy (non-hydrogen) atoms. The average Bonchev–Trinajstić information content (AvgIpc) is 3.26. The number of benzene rings is 2. The van der Waals surface area contributed by atoms with Crippen LogP contribution in [-0.4, -0.2) is 40.0 Å². The minimum Gasteiger partial charge on any atom is -0.340 e. The van der Waals surface area contributed by atoms with Crippen molar-refractivity contribution in [3.05, 3.63) is 83.3 Å². The van der Waals surface area contributed by atoms with Gasteiger partial charge in [0.2, 0.25) is 5.96 Å². The van der Waals surface area contributed by atoms with E-state index in [1.165, 1.54) is 16.8 Å². The second kappa shape index (κ2) is 6.82. The Labute approximate surface area is 166 Å². The monoisotopic (exact) mass is 371 g/mol. The smallest absolute Gasteiger partial charge is 0.202 e. The van der Waals surface area contributed by atoms with Gasteiger partial charge in [-0.05, 0) is 24.5 Å². The van der Waals surface area contributed by atoms with Crippen LogP contribution in [0.15, 0.2) is 65.7 Å². The molecule has 2 aromatic carbocycles. The molecule has 2 aliphatic heterocycles. The van der Waals surface area contributed by atoms with Gasteiger partial charge in [-0.3, -0.25) is 4.90 Å². The van der Waals surface area contributed by atoms with Gasteiger partial charge < -0.3 is 9.47 Å². The van der Waals surface area contributed by atoms with E-state index in [0.29, 0.717) is 0 Å². The molecule has 0 spiro atoms. The summed E-state index contributed by atoms with van der Waals surface area (Å²) in [6.07, 6.45) is 0.966. The van der Waals surface area contributed by atoms with E-state index in [2.05, 4.69) is 89.0 Å². The Hall–Kier alpha value is -3.08. The molecule has 1 atom stereocenters. The second-order valence-corrected chi connectivity index (χ2v) is 7.74. The largest absolute Gasteiger partial charge is 0.340 e. The summed E-state index contributed by atoms with van der Waals surface area (Å²) in [5, 5.41) is 0. The molecular weight excluding hydrogens is 346 g/mol. The van der Waals surface area contributed by atoms with Crippen LogP contribution >= 0.6 is 0 Å². The summed E-state index contributed by atoms with van der Waals surface area (Å²) in [7, 11) is 2.13. The topological polar surface area (TPSA) is 36.7 Å². The molecule has 0 saturated heterocycles. The maximum absolute atomic E-state index is 5.03. The number of anilines is 1. The third-order valence-electron chi connectivity index (χ3n) is 5.66. The van der Waals surface area contributed by atoms with E-state index in [0.717, 1.165) is 43.7 Å². The highest BCUT2D eigenvalue weighted by Crippen LogP contribution is 2.32. The number of hydrogen-bond donors (Lipinski definition) is 0. The van der Waals surface area contributed by atoms with Crippen LogP contribution in [0, 0.1) is 6.92 Å². The first kappa shape index (κ1) is 17.0. The molecule has 0 fully saturated rings. The number of imidazole rings is 1. The molecule has 5 nitrogen and oxygen atoms in total. The maximum atomic E-state index is 5.03. The van der Waals surface area contributed by atoms with Crippen LogP contribution in [0.2, 0.25) is 0 Å². The number of nitrogens with zero attached hydrogens (tertiary/aromatic N) is 5. The predicted molar refractivity (Wildman–Crippen MR) is 113 cm³/mol. The molecule has 0 N–H and O–H groups in total. The van der Waals surface area contributed by atoms with E-state index in [1.54, 1.807) is 0 Å². The molecule has 2 aliphatic rings. The summed E-state index contributed by atoms with van der Waals surface area (Å²) < 4.78 is 2.35. The first-order valence-electron chi connectivity index (χ1n) is 9.89. The first-order chi connectivity index (χ1) is 13.7. The van der Waals surface area contributed by atoms with E-state index in [9.17, 15) is 0 Å². The highest BCUT2D eigenvalue weighted by Gasteiger charge is 2.37. The van der Waals surface area contributed by atoms with Crippen molar-refractivity contribution < 1.29 is 0 Å². The Balaban J connectivity index is 1.43. The van der Waals surface area contributed by atoms with Gasteiger partial charge in [-0.25, -0.2) is 9.98 Å². The van der Waals surface area contributed by atoms with Crippen molar-refractivity contribution in [3.63, 3.8) is 0 Å². The van der Waals surface area contributed by atoms with Crippen molar-refractivity contribution in [1.29, 1.82) is 0 Å². The third-order valence-corrected chi connectivity index (χ3v) is 5.66. The average molecular weight is 371 g/mol. The van der Waals surface area contributed by atoms with Crippen molar-refractivity contribution in [1.82, 2.24) is 14.5 Å². The molecule has 0 saturated carbocycles. The highest BCUT2D eigenvalue weighted by molar-refractivity contribution is 5.99. The van der Waals surface area contributed by atoms with Crippen molar-refractivity contribution in [2.45, 2.75) is 32.5 Å². The predicted octanol–water partition coefficient (Wildman–Crippen LogP) is 3.47. The quantitative estimate of drug-likeness (QED) is 0.705. The maximum Gasteiger partial charge on any atom is 0.202 e. The normalized spacial score (nSPS) is 18.1. The Morgan fingerprint density at radius 2 is 1.64 bits per heavy atom. The van der Waals surface area contributed by atoms with Gasteiger partial charge in [0.1, 0.15) is 5.82 Å². The summed E-state index contributed by atoms with van der Waals surface area (Å²) in [4.78, 5) is 14.5. The van der Waals surface area contributed by atoms with Crippen LogP contribution in [0.5, 0.6) is 0 Å².